The minimum Gasteiger partial charge on any atom is -0.478 e. The molecule has 2 heterocycles. The highest BCUT2D eigenvalue weighted by Gasteiger charge is 2.20. The molecule has 128 valence electrons. The average Bonchev–Trinajstić information content (AvgIpc) is 2.93. The van der Waals surface area contributed by atoms with Gasteiger partial charge < -0.3 is 10.4 Å². The first-order chi connectivity index (χ1) is 11.9. The van der Waals surface area contributed by atoms with Gasteiger partial charge in [0.05, 0.1) is 15.7 Å². The standard InChI is InChI=1S/C18H16BrN3O3/c1-3-14-15(22-9-10(2)7-13(19)16(22)21-14)17(23)20-12-6-4-5-11(8-12)18(24)25/h4-9H,3H2,1-2H3,(H,20,23)(H,24,25). The lowest BCUT2D eigenvalue weighted by Crippen LogP contribution is -2.16. The summed E-state index contributed by atoms with van der Waals surface area (Å²) in [6, 6.07) is 8.09. The Hall–Kier alpha value is -2.67. The second-order valence-corrected chi connectivity index (χ2v) is 6.51. The minimum absolute atomic E-state index is 0.116. The molecule has 1 amide bonds. The van der Waals surface area contributed by atoms with Gasteiger partial charge in [0, 0.05) is 11.9 Å². The van der Waals surface area contributed by atoms with Crippen molar-refractivity contribution < 1.29 is 14.7 Å². The van der Waals surface area contributed by atoms with E-state index in [1.54, 1.807) is 16.5 Å². The molecule has 0 atom stereocenters. The number of hydrogen-bond donors (Lipinski definition) is 2. The van der Waals surface area contributed by atoms with E-state index in [9.17, 15) is 9.59 Å². The van der Waals surface area contributed by atoms with E-state index in [-0.39, 0.29) is 11.5 Å². The number of amides is 1. The maximum absolute atomic E-state index is 12.8. The molecule has 0 aliphatic carbocycles. The Morgan fingerprint density at radius 2 is 2.08 bits per heavy atom. The SMILES string of the molecule is CCc1nc2c(Br)cc(C)cn2c1C(=O)Nc1cccc(C(=O)O)c1. The number of aromatic carboxylic acids is 1. The van der Waals surface area contributed by atoms with Crippen molar-refractivity contribution in [1.82, 2.24) is 9.38 Å². The molecule has 0 saturated carbocycles. The van der Waals surface area contributed by atoms with Gasteiger partial charge in [0.15, 0.2) is 5.65 Å². The van der Waals surface area contributed by atoms with E-state index >= 15 is 0 Å². The molecule has 1 aromatic carbocycles. The molecule has 3 rings (SSSR count). The number of nitrogens with one attached hydrogen (secondary N) is 1. The van der Waals surface area contributed by atoms with E-state index in [2.05, 4.69) is 26.2 Å². The third-order valence-electron chi connectivity index (χ3n) is 3.80. The van der Waals surface area contributed by atoms with Crippen molar-refractivity contribution in [1.29, 1.82) is 0 Å². The lowest BCUT2D eigenvalue weighted by molar-refractivity contribution is 0.0696. The van der Waals surface area contributed by atoms with E-state index in [0.29, 0.717) is 29.1 Å². The van der Waals surface area contributed by atoms with Crippen LogP contribution in [0.3, 0.4) is 0 Å². The molecule has 0 aliphatic rings. The van der Waals surface area contributed by atoms with Gasteiger partial charge in [-0.05, 0) is 59.1 Å². The van der Waals surface area contributed by atoms with Crippen molar-refractivity contribution >= 4 is 39.1 Å². The third kappa shape index (κ3) is 3.28. The van der Waals surface area contributed by atoms with Crippen molar-refractivity contribution in [3.8, 4) is 0 Å². The summed E-state index contributed by atoms with van der Waals surface area (Å²) in [7, 11) is 0. The Morgan fingerprint density at radius 1 is 1.32 bits per heavy atom. The van der Waals surface area contributed by atoms with Gasteiger partial charge in [-0.25, -0.2) is 9.78 Å². The molecule has 7 heteroatoms. The molecule has 0 aliphatic heterocycles. The van der Waals surface area contributed by atoms with Crippen molar-refractivity contribution in [3.05, 3.63) is 63.5 Å². The number of carbonyl (C=O) groups excluding carboxylic acids is 1. The number of fused-ring (bicyclic) bond motifs is 1. The number of pyridine rings is 1. The molecule has 0 saturated heterocycles. The van der Waals surface area contributed by atoms with E-state index in [1.807, 2.05) is 26.1 Å². The van der Waals surface area contributed by atoms with E-state index < -0.39 is 5.97 Å². The van der Waals surface area contributed by atoms with Crippen LogP contribution in [0.25, 0.3) is 5.65 Å². The first-order valence-corrected chi connectivity index (χ1v) is 8.51. The fraction of sp³-hybridized carbons (Fsp3) is 0.167. The van der Waals surface area contributed by atoms with Crippen molar-refractivity contribution in [2.45, 2.75) is 20.3 Å². The molecule has 3 aromatic rings. The van der Waals surface area contributed by atoms with Crippen molar-refractivity contribution in [2.75, 3.05) is 5.32 Å². The van der Waals surface area contributed by atoms with Crippen LogP contribution >= 0.6 is 15.9 Å². The molecule has 0 radical (unpaired) electrons. The summed E-state index contributed by atoms with van der Waals surface area (Å²) in [6.07, 6.45) is 2.46. The number of benzene rings is 1. The number of aromatic nitrogens is 2. The van der Waals surface area contributed by atoms with Gasteiger partial charge in [-0.2, -0.15) is 0 Å². The van der Waals surface area contributed by atoms with Crippen molar-refractivity contribution in [2.24, 2.45) is 0 Å². The zero-order valence-corrected chi connectivity index (χ0v) is 15.3. The number of nitrogens with zero attached hydrogens (tertiary/aromatic N) is 2. The maximum Gasteiger partial charge on any atom is 0.335 e. The summed E-state index contributed by atoms with van der Waals surface area (Å²) in [5.41, 5.74) is 3.33. The van der Waals surface area contributed by atoms with Crippen LogP contribution in [0.15, 0.2) is 41.0 Å². The number of imidazole rings is 1. The first-order valence-electron chi connectivity index (χ1n) is 7.72. The number of anilines is 1. The normalized spacial score (nSPS) is 10.8. The Balaban J connectivity index is 2.05. The fourth-order valence-corrected chi connectivity index (χ4v) is 3.33. The lowest BCUT2D eigenvalue weighted by atomic mass is 10.2. The van der Waals surface area contributed by atoms with Crippen LogP contribution in [0.1, 0.15) is 39.0 Å². The van der Waals surface area contributed by atoms with E-state index in [4.69, 9.17) is 5.11 Å². The molecule has 2 N–H and O–H groups in total. The summed E-state index contributed by atoms with van der Waals surface area (Å²) in [5.74, 6) is -1.37. The van der Waals surface area contributed by atoms with Crippen LogP contribution in [-0.4, -0.2) is 26.4 Å². The molecule has 0 spiro atoms. The van der Waals surface area contributed by atoms with Gasteiger partial charge in [-0.15, -0.1) is 0 Å². The summed E-state index contributed by atoms with van der Waals surface area (Å²) in [4.78, 5) is 28.5. The fourth-order valence-electron chi connectivity index (χ4n) is 2.69. The average molecular weight is 402 g/mol. The van der Waals surface area contributed by atoms with Crippen LogP contribution in [-0.2, 0) is 6.42 Å². The maximum atomic E-state index is 12.8. The van der Waals surface area contributed by atoms with Gasteiger partial charge in [0.2, 0.25) is 0 Å². The molecular formula is C18H16BrN3O3. The van der Waals surface area contributed by atoms with Crippen LogP contribution in [0.2, 0.25) is 0 Å². The minimum atomic E-state index is -1.04. The highest BCUT2D eigenvalue weighted by Crippen LogP contribution is 2.24. The number of carbonyl (C=O) groups is 2. The quantitative estimate of drug-likeness (QED) is 0.693. The predicted molar refractivity (Wildman–Crippen MR) is 98.4 cm³/mol. The van der Waals surface area contributed by atoms with Gasteiger partial charge in [0.1, 0.15) is 5.69 Å². The second-order valence-electron chi connectivity index (χ2n) is 5.66. The van der Waals surface area contributed by atoms with E-state index in [1.165, 1.54) is 12.1 Å². The van der Waals surface area contributed by atoms with Gasteiger partial charge >= 0.3 is 5.97 Å². The van der Waals surface area contributed by atoms with Crippen molar-refractivity contribution in [3.63, 3.8) is 0 Å². The molecular weight excluding hydrogens is 386 g/mol. The molecule has 0 bridgehead atoms. The lowest BCUT2D eigenvalue weighted by Gasteiger charge is -2.08. The molecule has 2 aromatic heterocycles. The molecule has 0 unspecified atom stereocenters. The van der Waals surface area contributed by atoms with Gasteiger partial charge in [-0.1, -0.05) is 13.0 Å². The monoisotopic (exact) mass is 401 g/mol. The number of rotatable bonds is 4. The van der Waals surface area contributed by atoms with Crippen LogP contribution in [0, 0.1) is 6.92 Å². The number of hydrogen-bond acceptors (Lipinski definition) is 3. The highest BCUT2D eigenvalue weighted by atomic mass is 79.9. The van der Waals surface area contributed by atoms with Gasteiger partial charge in [-0.3, -0.25) is 9.20 Å². The first kappa shape index (κ1) is 17.2. The van der Waals surface area contributed by atoms with Crippen LogP contribution in [0.5, 0.6) is 0 Å². The summed E-state index contributed by atoms with van der Waals surface area (Å²) >= 11 is 3.49. The summed E-state index contributed by atoms with van der Waals surface area (Å²) in [6.45, 7) is 3.87. The number of carboxylic acids is 1. The van der Waals surface area contributed by atoms with Crippen LogP contribution in [0.4, 0.5) is 5.69 Å². The number of halogens is 1. The van der Waals surface area contributed by atoms with Crippen LogP contribution < -0.4 is 5.32 Å². The Kier molecular flexibility index (Phi) is 4.59. The zero-order valence-electron chi connectivity index (χ0n) is 13.7. The topological polar surface area (TPSA) is 83.7 Å². The number of carboxylic acid groups (broad SMARTS) is 1. The van der Waals surface area contributed by atoms with E-state index in [0.717, 1.165) is 10.0 Å². The molecule has 0 fully saturated rings. The van der Waals surface area contributed by atoms with Gasteiger partial charge in [0.25, 0.3) is 5.91 Å². The third-order valence-corrected chi connectivity index (χ3v) is 4.38. The second kappa shape index (κ2) is 6.68. The summed E-state index contributed by atoms with van der Waals surface area (Å²) in [5, 5.41) is 11.8. The Bertz CT molecular complexity index is 995. The number of aryl methyl sites for hydroxylation is 2. The Morgan fingerprint density at radius 3 is 2.76 bits per heavy atom. The smallest absolute Gasteiger partial charge is 0.335 e. The summed E-state index contributed by atoms with van der Waals surface area (Å²) < 4.78 is 2.57. The molecule has 6 nitrogen and oxygen atoms in total. The largest absolute Gasteiger partial charge is 0.478 e. The highest BCUT2D eigenvalue weighted by molar-refractivity contribution is 9.10. The predicted octanol–water partition coefficient (Wildman–Crippen LogP) is 3.92. The Labute approximate surface area is 152 Å². The molecule has 25 heavy (non-hydrogen) atoms. The zero-order chi connectivity index (χ0) is 18.1.